The number of hydrogen-bond acceptors (Lipinski definition) is 3. The Morgan fingerprint density at radius 2 is 2.15 bits per heavy atom. The van der Waals surface area contributed by atoms with Gasteiger partial charge < -0.3 is 15.4 Å². The molecule has 4 heteroatoms. The Morgan fingerprint density at radius 1 is 1.54 bits per heavy atom. The van der Waals surface area contributed by atoms with Crippen molar-refractivity contribution in [3.63, 3.8) is 0 Å². The molecule has 74 valence electrons. The van der Waals surface area contributed by atoms with E-state index in [4.69, 9.17) is 10.5 Å². The largest absolute Gasteiger partial charge is 0.446 e. The molecule has 1 fully saturated rings. The van der Waals surface area contributed by atoms with Gasteiger partial charge in [0.25, 0.3) is 0 Å². The van der Waals surface area contributed by atoms with Crippen LogP contribution in [0.3, 0.4) is 0 Å². The number of nitrogens with zero attached hydrogens (tertiary/aromatic N) is 1. The second kappa shape index (κ2) is 4.74. The molecule has 1 rings (SSSR count). The number of nitrogens with two attached hydrogens (primary N) is 1. The molecule has 1 amide bonds. The molecule has 4 nitrogen and oxygen atoms in total. The molecule has 0 aliphatic carbocycles. The second-order valence-corrected chi connectivity index (χ2v) is 3.15. The lowest BCUT2D eigenvalue weighted by Crippen LogP contribution is -2.35. The van der Waals surface area contributed by atoms with Crippen molar-refractivity contribution in [2.24, 2.45) is 5.73 Å². The minimum Gasteiger partial charge on any atom is -0.446 e. The Hall–Kier alpha value is -1.19. The van der Waals surface area contributed by atoms with Gasteiger partial charge in [-0.05, 0) is 13.1 Å². The fraction of sp³-hybridized carbons (Fsp3) is 0.667. The fourth-order valence-corrected chi connectivity index (χ4v) is 1.52. The highest BCUT2D eigenvalue weighted by Gasteiger charge is 2.19. The summed E-state index contributed by atoms with van der Waals surface area (Å²) in [7, 11) is 0. The normalized spacial score (nSPS) is 19.3. The minimum absolute atomic E-state index is 0.0130. The van der Waals surface area contributed by atoms with E-state index in [1.165, 1.54) is 0 Å². The molecule has 0 atom stereocenters. The number of amides is 1. The van der Waals surface area contributed by atoms with Gasteiger partial charge in [-0.15, -0.1) is 0 Å². The smallest absolute Gasteiger partial charge is 0.404 e. The van der Waals surface area contributed by atoms with E-state index in [2.05, 4.69) is 11.1 Å². The number of likely N-dealkylation sites (tertiary alicyclic amines) is 1. The first-order valence-corrected chi connectivity index (χ1v) is 4.55. The Morgan fingerprint density at radius 3 is 2.62 bits per heavy atom. The number of carbonyl (C=O) groups excluding carboxylic acids is 1. The third-order valence-electron chi connectivity index (χ3n) is 2.12. The van der Waals surface area contributed by atoms with E-state index in [-0.39, 0.29) is 6.10 Å². The molecule has 0 radical (unpaired) electrons. The van der Waals surface area contributed by atoms with Crippen LogP contribution in [0.25, 0.3) is 0 Å². The second-order valence-electron chi connectivity index (χ2n) is 3.15. The van der Waals surface area contributed by atoms with Gasteiger partial charge in [-0.3, -0.25) is 0 Å². The minimum atomic E-state index is -0.663. The Kier molecular flexibility index (Phi) is 3.61. The Bertz CT molecular complexity index is 196. The van der Waals surface area contributed by atoms with Gasteiger partial charge >= 0.3 is 6.09 Å². The standard InChI is InChI=1S/C9H16N2O2/c1-2-5-11-6-3-8(4-7-11)13-9(10)12/h2,5,8H,3-4,6-7H2,1H3,(H2,10,12). The number of rotatable bonds is 2. The highest BCUT2D eigenvalue weighted by atomic mass is 16.6. The molecule has 0 aromatic rings. The first-order chi connectivity index (χ1) is 6.22. The van der Waals surface area contributed by atoms with E-state index >= 15 is 0 Å². The molecule has 1 saturated heterocycles. The SMILES string of the molecule is CC=CN1CCC(OC(N)=O)CC1. The molecule has 13 heavy (non-hydrogen) atoms. The maximum Gasteiger partial charge on any atom is 0.404 e. The van der Waals surface area contributed by atoms with Gasteiger partial charge in [-0.25, -0.2) is 4.79 Å². The first kappa shape index (κ1) is 9.89. The van der Waals surface area contributed by atoms with E-state index in [0.717, 1.165) is 25.9 Å². The molecule has 2 N–H and O–H groups in total. The van der Waals surface area contributed by atoms with E-state index in [1.807, 2.05) is 13.0 Å². The summed E-state index contributed by atoms with van der Waals surface area (Å²) < 4.78 is 4.91. The Labute approximate surface area is 78.3 Å². The van der Waals surface area contributed by atoms with Gasteiger partial charge in [-0.2, -0.15) is 0 Å². The third kappa shape index (κ3) is 3.36. The number of carbonyl (C=O) groups is 1. The van der Waals surface area contributed by atoms with Crippen LogP contribution in [0.15, 0.2) is 12.3 Å². The molecule has 0 spiro atoms. The van der Waals surface area contributed by atoms with Gasteiger partial charge in [0, 0.05) is 25.9 Å². The van der Waals surface area contributed by atoms with Crippen molar-refractivity contribution in [2.45, 2.75) is 25.9 Å². The van der Waals surface area contributed by atoms with Crippen molar-refractivity contribution in [3.05, 3.63) is 12.3 Å². The summed E-state index contributed by atoms with van der Waals surface area (Å²) in [5, 5.41) is 0. The van der Waals surface area contributed by atoms with Crippen LogP contribution >= 0.6 is 0 Å². The highest BCUT2D eigenvalue weighted by Crippen LogP contribution is 2.13. The van der Waals surface area contributed by atoms with Crippen LogP contribution in [0.1, 0.15) is 19.8 Å². The lowest BCUT2D eigenvalue weighted by Gasteiger charge is -2.30. The number of allylic oxidation sites excluding steroid dienone is 1. The number of hydrogen-bond donors (Lipinski definition) is 1. The van der Waals surface area contributed by atoms with Crippen molar-refractivity contribution >= 4 is 6.09 Å². The average molecular weight is 184 g/mol. The van der Waals surface area contributed by atoms with Gasteiger partial charge in [0.05, 0.1) is 0 Å². The zero-order valence-corrected chi connectivity index (χ0v) is 7.90. The van der Waals surface area contributed by atoms with E-state index in [9.17, 15) is 4.79 Å². The zero-order valence-electron chi connectivity index (χ0n) is 7.90. The molecule has 0 bridgehead atoms. The molecular formula is C9H16N2O2. The predicted molar refractivity (Wildman–Crippen MR) is 50.1 cm³/mol. The van der Waals surface area contributed by atoms with Gasteiger partial charge in [0.2, 0.25) is 0 Å². The number of piperidine rings is 1. The molecule has 0 aromatic heterocycles. The van der Waals surface area contributed by atoms with Crippen LogP contribution in [0.5, 0.6) is 0 Å². The van der Waals surface area contributed by atoms with Crippen molar-refractivity contribution in [1.29, 1.82) is 0 Å². The highest BCUT2D eigenvalue weighted by molar-refractivity contribution is 5.64. The number of ether oxygens (including phenoxy) is 1. The lowest BCUT2D eigenvalue weighted by molar-refractivity contribution is 0.0678. The van der Waals surface area contributed by atoms with Crippen LogP contribution in [0.4, 0.5) is 4.79 Å². The summed E-state index contributed by atoms with van der Waals surface area (Å²) in [6.07, 6.45) is 5.15. The van der Waals surface area contributed by atoms with Crippen LogP contribution in [0.2, 0.25) is 0 Å². The van der Waals surface area contributed by atoms with Gasteiger partial charge in [0.1, 0.15) is 6.10 Å². The maximum absolute atomic E-state index is 10.4. The van der Waals surface area contributed by atoms with Crippen molar-refractivity contribution in [2.75, 3.05) is 13.1 Å². The monoisotopic (exact) mass is 184 g/mol. The molecule has 0 aromatic carbocycles. The molecule has 0 saturated carbocycles. The van der Waals surface area contributed by atoms with Gasteiger partial charge in [0.15, 0.2) is 0 Å². The molecule has 1 aliphatic rings. The van der Waals surface area contributed by atoms with Crippen molar-refractivity contribution < 1.29 is 9.53 Å². The van der Waals surface area contributed by atoms with Gasteiger partial charge in [-0.1, -0.05) is 6.08 Å². The lowest BCUT2D eigenvalue weighted by atomic mass is 10.1. The van der Waals surface area contributed by atoms with Crippen LogP contribution in [-0.4, -0.2) is 30.2 Å². The first-order valence-electron chi connectivity index (χ1n) is 4.55. The summed E-state index contributed by atoms with van der Waals surface area (Å²) >= 11 is 0. The summed E-state index contributed by atoms with van der Waals surface area (Å²) in [6, 6.07) is 0. The summed E-state index contributed by atoms with van der Waals surface area (Å²) in [6.45, 7) is 3.86. The van der Waals surface area contributed by atoms with E-state index in [1.54, 1.807) is 0 Å². The Balaban J connectivity index is 2.26. The molecule has 1 heterocycles. The zero-order chi connectivity index (χ0) is 9.68. The predicted octanol–water partition coefficient (Wildman–Crippen LogP) is 1.08. The van der Waals surface area contributed by atoms with Crippen LogP contribution in [0, 0.1) is 0 Å². The fourth-order valence-electron chi connectivity index (χ4n) is 1.52. The van der Waals surface area contributed by atoms with Crippen molar-refractivity contribution in [1.82, 2.24) is 4.90 Å². The summed E-state index contributed by atoms with van der Waals surface area (Å²) in [5.41, 5.74) is 4.93. The number of primary amides is 1. The summed E-state index contributed by atoms with van der Waals surface area (Å²) in [5.74, 6) is 0. The molecule has 1 aliphatic heterocycles. The quantitative estimate of drug-likeness (QED) is 0.698. The van der Waals surface area contributed by atoms with E-state index < -0.39 is 6.09 Å². The van der Waals surface area contributed by atoms with E-state index in [0.29, 0.717) is 0 Å². The topological polar surface area (TPSA) is 55.6 Å². The van der Waals surface area contributed by atoms with Crippen molar-refractivity contribution in [3.8, 4) is 0 Å². The van der Waals surface area contributed by atoms with Crippen LogP contribution < -0.4 is 5.73 Å². The van der Waals surface area contributed by atoms with Crippen LogP contribution in [-0.2, 0) is 4.74 Å². The molecular weight excluding hydrogens is 168 g/mol. The molecule has 0 unspecified atom stereocenters. The maximum atomic E-state index is 10.4. The summed E-state index contributed by atoms with van der Waals surface area (Å²) in [4.78, 5) is 12.7. The average Bonchev–Trinajstić information content (AvgIpc) is 2.08. The third-order valence-corrected chi connectivity index (χ3v) is 2.12.